The second-order valence-electron chi connectivity index (χ2n) is 9.70. The molecule has 0 spiro atoms. The van der Waals surface area contributed by atoms with Gasteiger partial charge in [0, 0.05) is 49.5 Å². The molecule has 190 valence electrons. The third kappa shape index (κ3) is 6.11. The predicted molar refractivity (Wildman–Crippen MR) is 145 cm³/mol. The maximum Gasteiger partial charge on any atom is 0.313 e. The van der Waals surface area contributed by atoms with E-state index in [0.29, 0.717) is 6.42 Å². The number of hydrogen-bond donors (Lipinski definition) is 0. The number of carbonyl (C=O) groups excluding carboxylic acids is 1. The fraction of sp³-hybridized carbons (Fsp3) is 0.433. The van der Waals surface area contributed by atoms with E-state index in [1.807, 2.05) is 6.92 Å². The zero-order chi connectivity index (χ0) is 25.5. The molecular weight excluding hydrogens is 448 g/mol. The van der Waals surface area contributed by atoms with Crippen molar-refractivity contribution in [2.45, 2.75) is 52.5 Å². The van der Waals surface area contributed by atoms with Crippen LogP contribution in [0.5, 0.6) is 0 Å². The van der Waals surface area contributed by atoms with Crippen molar-refractivity contribution in [3.8, 4) is 11.3 Å². The number of carbonyl (C=O) groups is 1. The Morgan fingerprint density at radius 3 is 2.42 bits per heavy atom. The molecule has 6 heteroatoms. The van der Waals surface area contributed by atoms with E-state index >= 15 is 0 Å². The zero-order valence-electron chi connectivity index (χ0n) is 22.0. The van der Waals surface area contributed by atoms with Crippen molar-refractivity contribution in [2.75, 3.05) is 38.2 Å². The molecule has 0 bridgehead atoms. The third-order valence-corrected chi connectivity index (χ3v) is 6.98. The molecule has 3 aromatic rings. The average molecular weight is 487 g/mol. The zero-order valence-corrected chi connectivity index (χ0v) is 22.0. The van der Waals surface area contributed by atoms with E-state index in [9.17, 15) is 4.79 Å². The standard InChI is InChI=1S/C30H38N4O2/c1-5-10-26(29(35)36-4)27-23(3)31-30(32-28(27)25-15-13-22(2)14-16-25)34-18-9-17-33(19-20-34)21-24-11-7-6-8-12-24/h6-8,11-16,26H,5,9-10,17-21H2,1-4H3. The number of aromatic nitrogens is 2. The van der Waals surface area contributed by atoms with Crippen LogP contribution >= 0.6 is 0 Å². The summed E-state index contributed by atoms with van der Waals surface area (Å²) in [6.07, 6.45) is 2.63. The minimum Gasteiger partial charge on any atom is -0.469 e. The van der Waals surface area contributed by atoms with Crippen molar-refractivity contribution in [1.82, 2.24) is 14.9 Å². The van der Waals surface area contributed by atoms with Crippen molar-refractivity contribution in [3.63, 3.8) is 0 Å². The van der Waals surface area contributed by atoms with Gasteiger partial charge in [-0.05, 0) is 32.3 Å². The van der Waals surface area contributed by atoms with Crippen molar-refractivity contribution in [1.29, 1.82) is 0 Å². The Labute approximate surface area is 215 Å². The molecule has 0 amide bonds. The summed E-state index contributed by atoms with van der Waals surface area (Å²) in [5, 5.41) is 0. The molecule has 0 aliphatic carbocycles. The Kier molecular flexibility index (Phi) is 8.70. The first-order valence-corrected chi connectivity index (χ1v) is 13.0. The van der Waals surface area contributed by atoms with Gasteiger partial charge in [-0.15, -0.1) is 0 Å². The largest absolute Gasteiger partial charge is 0.469 e. The molecule has 4 rings (SSSR count). The highest BCUT2D eigenvalue weighted by atomic mass is 16.5. The van der Waals surface area contributed by atoms with Gasteiger partial charge < -0.3 is 9.64 Å². The van der Waals surface area contributed by atoms with Gasteiger partial charge in [0.05, 0.1) is 18.7 Å². The van der Waals surface area contributed by atoms with Gasteiger partial charge in [-0.25, -0.2) is 9.97 Å². The molecule has 0 radical (unpaired) electrons. The van der Waals surface area contributed by atoms with E-state index in [1.165, 1.54) is 18.2 Å². The normalized spacial score (nSPS) is 15.4. The van der Waals surface area contributed by atoms with Gasteiger partial charge in [-0.3, -0.25) is 9.69 Å². The predicted octanol–water partition coefficient (Wildman–Crippen LogP) is 5.53. The first-order valence-electron chi connectivity index (χ1n) is 13.0. The van der Waals surface area contributed by atoms with Gasteiger partial charge in [0.15, 0.2) is 0 Å². The fourth-order valence-electron chi connectivity index (χ4n) is 5.04. The SMILES string of the molecule is CCCC(C(=O)OC)c1c(C)nc(N2CCCN(Cc3ccccc3)CC2)nc1-c1ccc(C)cc1. The highest BCUT2D eigenvalue weighted by Gasteiger charge is 2.29. The van der Waals surface area contributed by atoms with Crippen LogP contribution in [-0.4, -0.2) is 54.1 Å². The van der Waals surface area contributed by atoms with Gasteiger partial charge in [0.25, 0.3) is 0 Å². The minimum atomic E-state index is -0.379. The molecule has 1 aromatic heterocycles. The number of ether oxygens (including phenoxy) is 1. The Bertz CT molecular complexity index is 1150. The number of aryl methyl sites for hydroxylation is 2. The molecule has 2 heterocycles. The molecule has 1 saturated heterocycles. The third-order valence-electron chi connectivity index (χ3n) is 6.98. The van der Waals surface area contributed by atoms with Crippen LogP contribution in [0.25, 0.3) is 11.3 Å². The van der Waals surface area contributed by atoms with Crippen LogP contribution in [0.2, 0.25) is 0 Å². The monoisotopic (exact) mass is 486 g/mol. The molecule has 1 aliphatic heterocycles. The topological polar surface area (TPSA) is 58.6 Å². The lowest BCUT2D eigenvalue weighted by Crippen LogP contribution is -2.32. The quantitative estimate of drug-likeness (QED) is 0.390. The number of anilines is 1. The second kappa shape index (κ2) is 12.1. The summed E-state index contributed by atoms with van der Waals surface area (Å²) in [6.45, 7) is 10.9. The summed E-state index contributed by atoms with van der Waals surface area (Å²) in [4.78, 5) is 27.7. The summed E-state index contributed by atoms with van der Waals surface area (Å²) in [5.74, 6) is 0.139. The summed E-state index contributed by atoms with van der Waals surface area (Å²) in [5.41, 5.74) is 6.12. The molecular formula is C30H38N4O2. The van der Waals surface area contributed by atoms with Crippen molar-refractivity contribution in [2.24, 2.45) is 0 Å². The smallest absolute Gasteiger partial charge is 0.313 e. The molecule has 1 aliphatic rings. The number of hydrogen-bond acceptors (Lipinski definition) is 6. The van der Waals surface area contributed by atoms with E-state index in [2.05, 4.69) is 78.2 Å². The lowest BCUT2D eigenvalue weighted by atomic mass is 9.89. The lowest BCUT2D eigenvalue weighted by Gasteiger charge is -2.25. The molecule has 2 aromatic carbocycles. The van der Waals surface area contributed by atoms with E-state index in [1.54, 1.807) is 0 Å². The highest BCUT2D eigenvalue weighted by Crippen LogP contribution is 2.35. The van der Waals surface area contributed by atoms with Crippen molar-refractivity contribution >= 4 is 11.9 Å². The van der Waals surface area contributed by atoms with Crippen LogP contribution in [0, 0.1) is 13.8 Å². The summed E-state index contributed by atoms with van der Waals surface area (Å²) < 4.78 is 5.20. The van der Waals surface area contributed by atoms with Crippen LogP contribution in [0.15, 0.2) is 54.6 Å². The first kappa shape index (κ1) is 25.8. The van der Waals surface area contributed by atoms with Gasteiger partial charge in [0.2, 0.25) is 5.95 Å². The summed E-state index contributed by atoms with van der Waals surface area (Å²) in [6, 6.07) is 19.0. The van der Waals surface area contributed by atoms with E-state index < -0.39 is 0 Å². The maximum absolute atomic E-state index is 12.8. The van der Waals surface area contributed by atoms with E-state index in [-0.39, 0.29) is 11.9 Å². The van der Waals surface area contributed by atoms with Gasteiger partial charge in [-0.1, -0.05) is 73.5 Å². The number of methoxy groups -OCH3 is 1. The molecule has 6 nitrogen and oxygen atoms in total. The minimum absolute atomic E-state index is 0.226. The fourth-order valence-corrected chi connectivity index (χ4v) is 5.04. The Morgan fingerprint density at radius 2 is 1.72 bits per heavy atom. The van der Waals surface area contributed by atoms with Crippen LogP contribution in [0.1, 0.15) is 54.5 Å². The number of nitrogens with zero attached hydrogens (tertiary/aromatic N) is 4. The number of rotatable bonds is 8. The van der Waals surface area contributed by atoms with Gasteiger partial charge in [0.1, 0.15) is 0 Å². The van der Waals surface area contributed by atoms with Crippen LogP contribution in [-0.2, 0) is 16.1 Å². The van der Waals surface area contributed by atoms with E-state index in [4.69, 9.17) is 14.7 Å². The molecule has 36 heavy (non-hydrogen) atoms. The molecule has 1 unspecified atom stereocenters. The second-order valence-corrected chi connectivity index (χ2v) is 9.70. The highest BCUT2D eigenvalue weighted by molar-refractivity contribution is 5.82. The Balaban J connectivity index is 1.66. The summed E-state index contributed by atoms with van der Waals surface area (Å²) >= 11 is 0. The van der Waals surface area contributed by atoms with Crippen molar-refractivity contribution in [3.05, 3.63) is 77.0 Å². The molecule has 1 atom stereocenters. The van der Waals surface area contributed by atoms with Gasteiger partial charge >= 0.3 is 5.97 Å². The summed E-state index contributed by atoms with van der Waals surface area (Å²) in [7, 11) is 1.46. The van der Waals surface area contributed by atoms with Crippen molar-refractivity contribution < 1.29 is 9.53 Å². The van der Waals surface area contributed by atoms with Crippen LogP contribution in [0.4, 0.5) is 5.95 Å². The van der Waals surface area contributed by atoms with Gasteiger partial charge in [-0.2, -0.15) is 0 Å². The first-order chi connectivity index (χ1) is 17.5. The number of esters is 1. The average Bonchev–Trinajstić information content (AvgIpc) is 3.13. The van der Waals surface area contributed by atoms with Crippen LogP contribution in [0.3, 0.4) is 0 Å². The van der Waals surface area contributed by atoms with E-state index in [0.717, 1.165) is 74.0 Å². The molecule has 0 saturated carbocycles. The Hall–Kier alpha value is -3.25. The maximum atomic E-state index is 12.8. The van der Waals surface area contributed by atoms with Crippen LogP contribution < -0.4 is 4.90 Å². The Morgan fingerprint density at radius 1 is 0.972 bits per heavy atom. The molecule has 0 N–H and O–H groups in total. The number of benzene rings is 2. The lowest BCUT2D eigenvalue weighted by molar-refractivity contribution is -0.142. The molecule has 1 fully saturated rings.